The number of likely N-dealkylation sites (tertiary alicyclic amines) is 1. The minimum Gasteiger partial charge on any atom is -0.406 e. The highest BCUT2D eigenvalue weighted by atomic mass is 19.4. The molecule has 0 N–H and O–H groups in total. The first-order chi connectivity index (χ1) is 11.3. The third-order valence-corrected chi connectivity index (χ3v) is 3.69. The number of hydrogen-bond acceptors (Lipinski definition) is 5. The average Bonchev–Trinajstić information content (AvgIpc) is 3.07. The lowest BCUT2D eigenvalue weighted by atomic mass is 10.1. The van der Waals surface area contributed by atoms with E-state index in [1.54, 1.807) is 11.9 Å². The van der Waals surface area contributed by atoms with Gasteiger partial charge in [-0.3, -0.25) is 4.79 Å². The van der Waals surface area contributed by atoms with Crippen molar-refractivity contribution < 1.29 is 27.2 Å². The SMILES string of the molecule is CN1CC(c2nc(Cc3ccc(OC(F)(F)F)cc3)no2)CC1=O. The van der Waals surface area contributed by atoms with Gasteiger partial charge >= 0.3 is 6.36 Å². The van der Waals surface area contributed by atoms with Gasteiger partial charge in [-0.25, -0.2) is 0 Å². The van der Waals surface area contributed by atoms with Crippen LogP contribution in [0.5, 0.6) is 5.75 Å². The van der Waals surface area contributed by atoms with E-state index in [-0.39, 0.29) is 17.6 Å². The van der Waals surface area contributed by atoms with E-state index in [0.717, 1.165) is 5.56 Å². The molecule has 1 aromatic heterocycles. The zero-order valence-electron chi connectivity index (χ0n) is 12.7. The molecule has 0 aliphatic carbocycles. The van der Waals surface area contributed by atoms with Crippen LogP contribution in [0.1, 0.15) is 29.6 Å². The Morgan fingerprint density at radius 3 is 2.62 bits per heavy atom. The fraction of sp³-hybridized carbons (Fsp3) is 0.400. The fourth-order valence-electron chi connectivity index (χ4n) is 2.53. The molecule has 0 spiro atoms. The van der Waals surface area contributed by atoms with Crippen LogP contribution in [0.3, 0.4) is 0 Å². The Morgan fingerprint density at radius 1 is 1.33 bits per heavy atom. The number of ether oxygens (including phenoxy) is 1. The number of amides is 1. The van der Waals surface area contributed by atoms with E-state index < -0.39 is 6.36 Å². The number of carbonyl (C=O) groups excluding carboxylic acids is 1. The summed E-state index contributed by atoms with van der Waals surface area (Å²) in [5.41, 5.74) is 0.719. The number of rotatable bonds is 4. The summed E-state index contributed by atoms with van der Waals surface area (Å²) >= 11 is 0. The Bertz CT molecular complexity index is 728. The summed E-state index contributed by atoms with van der Waals surface area (Å²) in [6.45, 7) is 0.532. The summed E-state index contributed by atoms with van der Waals surface area (Å²) in [5, 5.41) is 3.86. The third kappa shape index (κ3) is 3.84. The maximum absolute atomic E-state index is 12.1. The summed E-state index contributed by atoms with van der Waals surface area (Å²) in [4.78, 5) is 17.4. The molecule has 1 aliphatic heterocycles. The van der Waals surface area contributed by atoms with Gasteiger partial charge < -0.3 is 14.2 Å². The lowest BCUT2D eigenvalue weighted by Crippen LogP contribution is -2.18. The number of alkyl halides is 3. The first-order valence-corrected chi connectivity index (χ1v) is 7.21. The lowest BCUT2D eigenvalue weighted by molar-refractivity contribution is -0.274. The molecule has 1 aliphatic rings. The van der Waals surface area contributed by atoms with Crippen LogP contribution in [0.4, 0.5) is 13.2 Å². The van der Waals surface area contributed by atoms with Gasteiger partial charge in [0.05, 0.1) is 5.92 Å². The van der Waals surface area contributed by atoms with E-state index in [1.165, 1.54) is 24.3 Å². The fourth-order valence-corrected chi connectivity index (χ4v) is 2.53. The molecule has 0 radical (unpaired) electrons. The van der Waals surface area contributed by atoms with Crippen LogP contribution in [-0.4, -0.2) is 40.9 Å². The summed E-state index contributed by atoms with van der Waals surface area (Å²) in [6, 6.07) is 5.47. The molecule has 0 bridgehead atoms. The minimum atomic E-state index is -4.71. The zero-order valence-corrected chi connectivity index (χ0v) is 12.7. The Balaban J connectivity index is 1.64. The van der Waals surface area contributed by atoms with Crippen molar-refractivity contribution in [3.05, 3.63) is 41.5 Å². The molecular formula is C15H14F3N3O3. The van der Waals surface area contributed by atoms with Gasteiger partial charge in [-0.05, 0) is 17.7 Å². The topological polar surface area (TPSA) is 68.5 Å². The number of hydrogen-bond donors (Lipinski definition) is 0. The summed E-state index contributed by atoms with van der Waals surface area (Å²) in [6.07, 6.45) is -4.07. The first-order valence-electron chi connectivity index (χ1n) is 7.21. The van der Waals surface area contributed by atoms with Crippen LogP contribution in [-0.2, 0) is 11.2 Å². The second-order valence-electron chi connectivity index (χ2n) is 5.59. The molecule has 24 heavy (non-hydrogen) atoms. The number of nitrogens with zero attached hydrogens (tertiary/aromatic N) is 3. The lowest BCUT2D eigenvalue weighted by Gasteiger charge is -2.08. The van der Waals surface area contributed by atoms with Gasteiger partial charge in [0.2, 0.25) is 11.8 Å². The largest absolute Gasteiger partial charge is 0.573 e. The number of aromatic nitrogens is 2. The number of carbonyl (C=O) groups is 1. The van der Waals surface area contributed by atoms with Gasteiger partial charge in [-0.2, -0.15) is 4.98 Å². The van der Waals surface area contributed by atoms with Gasteiger partial charge in [0, 0.05) is 26.4 Å². The van der Waals surface area contributed by atoms with Crippen LogP contribution in [0.25, 0.3) is 0 Å². The van der Waals surface area contributed by atoms with Gasteiger partial charge in [-0.15, -0.1) is 13.2 Å². The van der Waals surface area contributed by atoms with Crippen LogP contribution in [0, 0.1) is 0 Å². The second kappa shape index (κ2) is 6.14. The predicted octanol–water partition coefficient (Wildman–Crippen LogP) is 2.50. The van der Waals surface area contributed by atoms with Crippen molar-refractivity contribution in [1.82, 2.24) is 15.0 Å². The molecule has 1 fully saturated rings. The molecule has 9 heteroatoms. The Labute approximate surface area is 135 Å². The summed E-state index contributed by atoms with van der Waals surface area (Å²) < 4.78 is 45.3. The van der Waals surface area contributed by atoms with Crippen molar-refractivity contribution in [3.63, 3.8) is 0 Å². The maximum Gasteiger partial charge on any atom is 0.573 e. The maximum atomic E-state index is 12.1. The highest BCUT2D eigenvalue weighted by Gasteiger charge is 2.32. The van der Waals surface area contributed by atoms with Crippen LogP contribution >= 0.6 is 0 Å². The van der Waals surface area contributed by atoms with Crippen molar-refractivity contribution in [3.8, 4) is 5.75 Å². The van der Waals surface area contributed by atoms with E-state index >= 15 is 0 Å². The normalized spacial score (nSPS) is 18.2. The smallest absolute Gasteiger partial charge is 0.406 e. The molecule has 1 aromatic carbocycles. The van der Waals surface area contributed by atoms with Crippen molar-refractivity contribution in [2.75, 3.05) is 13.6 Å². The summed E-state index contributed by atoms with van der Waals surface area (Å²) in [5.74, 6) is 0.440. The number of likely N-dealkylation sites (N-methyl/N-ethyl adjacent to an activating group) is 1. The predicted molar refractivity (Wildman–Crippen MR) is 75.2 cm³/mol. The third-order valence-electron chi connectivity index (χ3n) is 3.69. The monoisotopic (exact) mass is 341 g/mol. The van der Waals surface area contributed by atoms with Crippen molar-refractivity contribution >= 4 is 5.91 Å². The molecule has 1 atom stereocenters. The van der Waals surface area contributed by atoms with Gasteiger partial charge in [0.25, 0.3) is 0 Å². The van der Waals surface area contributed by atoms with Gasteiger partial charge in [0.15, 0.2) is 5.82 Å². The highest BCUT2D eigenvalue weighted by molar-refractivity contribution is 5.79. The highest BCUT2D eigenvalue weighted by Crippen LogP contribution is 2.26. The van der Waals surface area contributed by atoms with Crippen molar-refractivity contribution in [1.29, 1.82) is 0 Å². The second-order valence-corrected chi connectivity index (χ2v) is 5.59. The Morgan fingerprint density at radius 2 is 2.04 bits per heavy atom. The Hall–Kier alpha value is -2.58. The Kier molecular flexibility index (Phi) is 4.16. The number of benzene rings is 1. The van der Waals surface area contributed by atoms with Gasteiger partial charge in [-0.1, -0.05) is 17.3 Å². The van der Waals surface area contributed by atoms with Crippen LogP contribution in [0.2, 0.25) is 0 Å². The summed E-state index contributed by atoms with van der Waals surface area (Å²) in [7, 11) is 1.71. The molecule has 2 heterocycles. The van der Waals surface area contributed by atoms with Crippen LogP contribution < -0.4 is 4.74 Å². The molecule has 1 saturated heterocycles. The van der Waals surface area contributed by atoms with Gasteiger partial charge in [0.1, 0.15) is 5.75 Å². The molecule has 0 saturated carbocycles. The van der Waals surface area contributed by atoms with Crippen molar-refractivity contribution in [2.24, 2.45) is 0 Å². The van der Waals surface area contributed by atoms with E-state index in [9.17, 15) is 18.0 Å². The van der Waals surface area contributed by atoms with E-state index in [4.69, 9.17) is 4.52 Å². The minimum absolute atomic E-state index is 0.0278. The molecule has 1 amide bonds. The molecular weight excluding hydrogens is 327 g/mol. The first kappa shape index (κ1) is 16.3. The molecule has 2 aromatic rings. The van der Waals surface area contributed by atoms with Crippen LogP contribution in [0.15, 0.2) is 28.8 Å². The molecule has 128 valence electrons. The number of halogens is 3. The zero-order chi connectivity index (χ0) is 17.3. The van der Waals surface area contributed by atoms with E-state index in [2.05, 4.69) is 14.9 Å². The molecule has 3 rings (SSSR count). The van der Waals surface area contributed by atoms with E-state index in [0.29, 0.717) is 31.1 Å². The van der Waals surface area contributed by atoms with Crippen molar-refractivity contribution in [2.45, 2.75) is 25.1 Å². The quantitative estimate of drug-likeness (QED) is 0.855. The standard InChI is InChI=1S/C15H14F3N3O3/c1-21-8-10(7-13(21)22)14-19-12(20-24-14)6-9-2-4-11(5-3-9)23-15(16,17)18/h2-5,10H,6-8H2,1H3. The molecule has 6 nitrogen and oxygen atoms in total. The van der Waals surface area contributed by atoms with E-state index in [1.807, 2.05) is 0 Å². The molecule has 1 unspecified atom stereocenters. The average molecular weight is 341 g/mol.